The first-order valence-electron chi connectivity index (χ1n) is 12.2. The Morgan fingerprint density at radius 3 is 2.57 bits per heavy atom. The number of rotatable bonds is 6. The molecule has 0 bridgehead atoms. The number of fused-ring (bicyclic) bond motifs is 2. The second-order valence-corrected chi connectivity index (χ2v) is 11.0. The zero-order valence-corrected chi connectivity index (χ0v) is 21.2. The van der Waals surface area contributed by atoms with Crippen molar-refractivity contribution in [2.24, 2.45) is 11.3 Å². The highest BCUT2D eigenvalue weighted by Crippen LogP contribution is 2.42. The lowest BCUT2D eigenvalue weighted by atomic mass is 9.69. The lowest BCUT2D eigenvalue weighted by Crippen LogP contribution is -2.29. The smallest absolute Gasteiger partial charge is 0.267 e. The summed E-state index contributed by atoms with van der Waals surface area (Å²) in [5.41, 5.74) is 10.4. The third kappa shape index (κ3) is 4.76. The Bertz CT molecular complexity index is 1360. The predicted octanol–water partition coefficient (Wildman–Crippen LogP) is 7.46. The minimum absolute atomic E-state index is 0.217. The number of benzene rings is 2. The number of hydrogen-bond donors (Lipinski definition) is 2. The van der Waals surface area contributed by atoms with Gasteiger partial charge in [-0.1, -0.05) is 45.4 Å². The average molecular weight is 486 g/mol. The number of nitrogens with zero attached hydrogens (tertiary/aromatic N) is 1. The summed E-state index contributed by atoms with van der Waals surface area (Å²) in [5, 5.41) is 3.85. The minimum Gasteiger partial charge on any atom is -0.457 e. The predicted molar refractivity (Wildman–Crippen MR) is 145 cm³/mol. The number of anilines is 2. The first-order chi connectivity index (χ1) is 16.8. The summed E-state index contributed by atoms with van der Waals surface area (Å²) in [6.45, 7) is 6.98. The Kier molecular flexibility index (Phi) is 6.24. The molecule has 2 aromatic heterocycles. The first-order valence-corrected chi connectivity index (χ1v) is 13.0. The van der Waals surface area contributed by atoms with E-state index in [0.717, 1.165) is 47.3 Å². The largest absolute Gasteiger partial charge is 0.457 e. The second kappa shape index (κ2) is 9.34. The molecule has 2 aromatic carbocycles. The number of nitrogen functional groups attached to an aromatic ring is 1. The highest BCUT2D eigenvalue weighted by atomic mass is 32.1. The molecule has 0 saturated heterocycles. The number of carbonyl (C=O) groups is 1. The first kappa shape index (κ1) is 23.4. The van der Waals surface area contributed by atoms with Gasteiger partial charge in [0.1, 0.15) is 21.2 Å². The van der Waals surface area contributed by atoms with Gasteiger partial charge in [-0.05, 0) is 78.6 Å². The summed E-state index contributed by atoms with van der Waals surface area (Å²) >= 11 is 1.37. The van der Waals surface area contributed by atoms with Crippen LogP contribution in [0.4, 0.5) is 11.4 Å². The van der Waals surface area contributed by atoms with Gasteiger partial charge in [0.2, 0.25) is 0 Å². The van der Waals surface area contributed by atoms with E-state index in [1.54, 1.807) is 0 Å². The number of ether oxygens (including phenoxy) is 1. The fourth-order valence-corrected chi connectivity index (χ4v) is 5.73. The van der Waals surface area contributed by atoms with Gasteiger partial charge in [-0.3, -0.25) is 4.79 Å². The number of aryl methyl sites for hydroxylation is 1. The van der Waals surface area contributed by atoms with Crippen LogP contribution in [-0.2, 0) is 12.8 Å². The van der Waals surface area contributed by atoms with Gasteiger partial charge in [0.05, 0.1) is 5.69 Å². The molecule has 180 valence electrons. The molecule has 1 amide bonds. The zero-order chi connectivity index (χ0) is 24.6. The van der Waals surface area contributed by atoms with Crippen molar-refractivity contribution in [1.29, 1.82) is 0 Å². The summed E-state index contributed by atoms with van der Waals surface area (Å²) in [7, 11) is 0. The Morgan fingerprint density at radius 2 is 1.86 bits per heavy atom. The molecular weight excluding hydrogens is 454 g/mol. The van der Waals surface area contributed by atoms with Crippen LogP contribution in [0.15, 0.2) is 60.7 Å². The fourth-order valence-electron chi connectivity index (χ4n) is 4.73. The standard InChI is InChI=1S/C29H31N3O2S/c1-4-29(2,3)19-10-15-24-18(16-19)17-23-25(30)26(35-28(23)32-24)27(33)31-20-11-13-22(14-12-20)34-21-8-6-5-7-9-21/h5-9,11-14,17,19H,4,10,15-16,30H2,1-3H3,(H,31,33). The van der Waals surface area contributed by atoms with Gasteiger partial charge in [0, 0.05) is 16.8 Å². The number of nitrogens with two attached hydrogens (primary N) is 1. The molecule has 0 radical (unpaired) electrons. The molecule has 0 spiro atoms. The molecule has 0 saturated carbocycles. The molecular formula is C29H31N3O2S. The highest BCUT2D eigenvalue weighted by molar-refractivity contribution is 7.21. The quantitative estimate of drug-likeness (QED) is 0.297. The molecule has 5 nitrogen and oxygen atoms in total. The lowest BCUT2D eigenvalue weighted by Gasteiger charge is -2.36. The topological polar surface area (TPSA) is 77.2 Å². The van der Waals surface area contributed by atoms with Crippen LogP contribution in [0.3, 0.4) is 0 Å². The van der Waals surface area contributed by atoms with E-state index in [1.807, 2.05) is 54.6 Å². The van der Waals surface area contributed by atoms with E-state index in [0.29, 0.717) is 33.3 Å². The van der Waals surface area contributed by atoms with E-state index in [2.05, 4.69) is 32.2 Å². The molecule has 0 aliphatic heterocycles. The van der Waals surface area contributed by atoms with Crippen molar-refractivity contribution in [3.05, 3.63) is 76.8 Å². The summed E-state index contributed by atoms with van der Waals surface area (Å²) in [6.07, 6.45) is 4.32. The molecule has 1 atom stereocenters. The van der Waals surface area contributed by atoms with E-state index in [1.165, 1.54) is 16.9 Å². The highest BCUT2D eigenvalue weighted by Gasteiger charge is 2.32. The van der Waals surface area contributed by atoms with Gasteiger partial charge in [-0.25, -0.2) is 4.98 Å². The second-order valence-electron chi connectivity index (χ2n) is 9.97. The van der Waals surface area contributed by atoms with Crippen LogP contribution >= 0.6 is 11.3 Å². The molecule has 1 aliphatic carbocycles. The summed E-state index contributed by atoms with van der Waals surface area (Å²) in [6, 6.07) is 19.1. The molecule has 1 aliphatic rings. The third-order valence-corrected chi connectivity index (χ3v) is 8.51. The van der Waals surface area contributed by atoms with E-state index >= 15 is 0 Å². The van der Waals surface area contributed by atoms with Crippen LogP contribution < -0.4 is 15.8 Å². The van der Waals surface area contributed by atoms with Crippen LogP contribution in [0.5, 0.6) is 11.5 Å². The van der Waals surface area contributed by atoms with Crippen molar-refractivity contribution < 1.29 is 9.53 Å². The van der Waals surface area contributed by atoms with Gasteiger partial charge < -0.3 is 15.8 Å². The van der Waals surface area contributed by atoms with Crippen molar-refractivity contribution >= 4 is 38.8 Å². The van der Waals surface area contributed by atoms with Crippen molar-refractivity contribution in [1.82, 2.24) is 4.98 Å². The number of carbonyl (C=O) groups excluding carboxylic acids is 1. The Morgan fingerprint density at radius 1 is 1.14 bits per heavy atom. The number of nitrogens with one attached hydrogen (secondary N) is 1. The van der Waals surface area contributed by atoms with Gasteiger partial charge in [-0.2, -0.15) is 0 Å². The van der Waals surface area contributed by atoms with Crippen molar-refractivity contribution in [3.8, 4) is 11.5 Å². The van der Waals surface area contributed by atoms with Crippen molar-refractivity contribution in [2.45, 2.75) is 46.5 Å². The van der Waals surface area contributed by atoms with Crippen LogP contribution in [0, 0.1) is 11.3 Å². The van der Waals surface area contributed by atoms with E-state index < -0.39 is 0 Å². The Labute approximate surface area is 210 Å². The zero-order valence-electron chi connectivity index (χ0n) is 20.4. The number of pyridine rings is 1. The van der Waals surface area contributed by atoms with E-state index in [-0.39, 0.29) is 5.91 Å². The van der Waals surface area contributed by atoms with Gasteiger partial charge >= 0.3 is 0 Å². The number of hydrogen-bond acceptors (Lipinski definition) is 5. The maximum absolute atomic E-state index is 13.1. The lowest BCUT2D eigenvalue weighted by molar-refractivity contribution is 0.103. The number of para-hydroxylation sites is 1. The molecule has 1 unspecified atom stereocenters. The normalized spacial score (nSPS) is 15.6. The van der Waals surface area contributed by atoms with Gasteiger partial charge in [0.15, 0.2) is 0 Å². The van der Waals surface area contributed by atoms with Crippen molar-refractivity contribution in [3.63, 3.8) is 0 Å². The molecule has 3 N–H and O–H groups in total. The molecule has 4 aromatic rings. The van der Waals surface area contributed by atoms with E-state index in [9.17, 15) is 4.79 Å². The Balaban J connectivity index is 1.33. The van der Waals surface area contributed by atoms with Gasteiger partial charge in [-0.15, -0.1) is 11.3 Å². The number of thiophene rings is 1. The third-order valence-electron chi connectivity index (χ3n) is 7.40. The summed E-state index contributed by atoms with van der Waals surface area (Å²) < 4.78 is 5.83. The SMILES string of the molecule is CCC(C)(C)C1CCc2nc3sc(C(=O)Nc4ccc(Oc5ccccc5)cc4)c(N)c3cc2C1. The molecule has 6 heteroatoms. The van der Waals surface area contributed by atoms with E-state index in [4.69, 9.17) is 15.5 Å². The maximum Gasteiger partial charge on any atom is 0.267 e. The van der Waals surface area contributed by atoms with Gasteiger partial charge in [0.25, 0.3) is 5.91 Å². The molecule has 35 heavy (non-hydrogen) atoms. The monoisotopic (exact) mass is 485 g/mol. The van der Waals surface area contributed by atoms with Crippen LogP contribution in [0.2, 0.25) is 0 Å². The molecule has 2 heterocycles. The van der Waals surface area contributed by atoms with Crippen molar-refractivity contribution in [2.75, 3.05) is 11.1 Å². The molecule has 5 rings (SSSR count). The average Bonchev–Trinajstić information content (AvgIpc) is 3.19. The Hall–Kier alpha value is -3.38. The fraction of sp³-hybridized carbons (Fsp3) is 0.310. The summed E-state index contributed by atoms with van der Waals surface area (Å²) in [4.78, 5) is 19.4. The molecule has 0 fully saturated rings. The van der Waals surface area contributed by atoms with Crippen LogP contribution in [0.1, 0.15) is 54.5 Å². The maximum atomic E-state index is 13.1. The number of aromatic nitrogens is 1. The van der Waals surface area contributed by atoms with Crippen LogP contribution in [0.25, 0.3) is 10.2 Å². The van der Waals surface area contributed by atoms with Crippen LogP contribution in [-0.4, -0.2) is 10.9 Å². The number of amides is 1. The summed E-state index contributed by atoms with van der Waals surface area (Å²) in [5.74, 6) is 1.89. The minimum atomic E-state index is -0.217.